The molecule has 0 unspecified atom stereocenters. The van der Waals surface area contributed by atoms with Crippen molar-refractivity contribution in [1.29, 1.82) is 0 Å². The van der Waals surface area contributed by atoms with Gasteiger partial charge in [0.05, 0.1) is 31.1 Å². The van der Waals surface area contributed by atoms with Crippen molar-refractivity contribution in [2.75, 3.05) is 12.3 Å². The standard InChI is InChI=1S/C28H36N5O6P/c1-6-36-17-24-31-25-26(22-14-10-11-15-23(22)30-27(25)29)33(24)16-19(4)38-40(35,39-21-12-8-7-9-13-21)32-20(5)28(34)37-18(2)3/h7-15,18-20H,6,16-17H2,1-5H3,(H2,29,30)(H,32,35)/t19-,20-,40+/m0/s1/i2D3,3D3,5D3,18D. The van der Waals surface area contributed by atoms with Crippen LogP contribution in [0.5, 0.6) is 5.75 Å². The van der Waals surface area contributed by atoms with Crippen LogP contribution in [0.2, 0.25) is 0 Å². The Hall–Kier alpha value is -3.50. The van der Waals surface area contributed by atoms with Crippen molar-refractivity contribution in [2.45, 2.75) is 65.8 Å². The number of carbonyl (C=O) groups excluding carboxylic acids is 1. The quantitative estimate of drug-likeness (QED) is 0.160. The van der Waals surface area contributed by atoms with Crippen LogP contribution in [0.25, 0.3) is 21.9 Å². The van der Waals surface area contributed by atoms with E-state index in [-0.39, 0.29) is 24.7 Å². The predicted octanol–water partition coefficient (Wildman–Crippen LogP) is 5.23. The summed E-state index contributed by atoms with van der Waals surface area (Å²) in [5.41, 5.74) is 7.73. The summed E-state index contributed by atoms with van der Waals surface area (Å²) in [5, 5.41) is 2.70. The number of carbonyl (C=O) groups is 1. The molecule has 2 aromatic carbocycles. The molecule has 12 heteroatoms. The minimum Gasteiger partial charge on any atom is -0.462 e. The summed E-state index contributed by atoms with van der Waals surface area (Å²) in [6.45, 7) is -7.37. The number of nitrogens with zero attached hydrogens (tertiary/aromatic N) is 3. The number of pyridine rings is 1. The van der Waals surface area contributed by atoms with Crippen LogP contribution < -0.4 is 15.3 Å². The topological polar surface area (TPSA) is 140 Å². The average Bonchev–Trinajstić information content (AvgIpc) is 3.36. The van der Waals surface area contributed by atoms with Gasteiger partial charge >= 0.3 is 13.7 Å². The molecule has 0 aliphatic rings. The van der Waals surface area contributed by atoms with Gasteiger partial charge in [-0.15, -0.1) is 0 Å². The zero-order chi connectivity index (χ0) is 37.3. The molecule has 0 saturated carbocycles. The first-order valence-electron chi connectivity index (χ1n) is 17.2. The summed E-state index contributed by atoms with van der Waals surface area (Å²) in [7, 11) is -4.98. The molecular formula is C28H36N5O6P. The molecule has 40 heavy (non-hydrogen) atoms. The van der Waals surface area contributed by atoms with Crippen LogP contribution in [0.1, 0.15) is 53.9 Å². The predicted molar refractivity (Wildman–Crippen MR) is 154 cm³/mol. The molecule has 4 aromatic rings. The number of aromatic nitrogens is 3. The number of para-hydroxylation sites is 2. The Morgan fingerprint density at radius 2 is 1.90 bits per heavy atom. The van der Waals surface area contributed by atoms with E-state index < -0.39 is 52.5 Å². The van der Waals surface area contributed by atoms with Gasteiger partial charge in [0.1, 0.15) is 29.7 Å². The van der Waals surface area contributed by atoms with Crippen LogP contribution in [-0.4, -0.2) is 45.3 Å². The highest BCUT2D eigenvalue weighted by Crippen LogP contribution is 2.46. The maximum Gasteiger partial charge on any atom is 0.459 e. The maximum atomic E-state index is 14.5. The normalized spacial score (nSPS) is 19.6. The van der Waals surface area contributed by atoms with Gasteiger partial charge in [-0.1, -0.05) is 36.4 Å². The van der Waals surface area contributed by atoms with Crippen molar-refractivity contribution in [3.05, 3.63) is 60.4 Å². The van der Waals surface area contributed by atoms with Crippen LogP contribution >= 0.6 is 7.75 Å². The molecule has 0 aliphatic heterocycles. The number of imidazole rings is 1. The highest BCUT2D eigenvalue weighted by molar-refractivity contribution is 7.52. The van der Waals surface area contributed by atoms with Crippen molar-refractivity contribution in [2.24, 2.45) is 0 Å². The number of hydrogen-bond acceptors (Lipinski definition) is 9. The molecule has 11 nitrogen and oxygen atoms in total. The fraction of sp³-hybridized carbons (Fsp3) is 0.393. The van der Waals surface area contributed by atoms with E-state index in [1.165, 1.54) is 31.2 Å². The fourth-order valence-corrected chi connectivity index (χ4v) is 5.52. The van der Waals surface area contributed by atoms with E-state index in [0.717, 1.165) is 0 Å². The lowest BCUT2D eigenvalue weighted by molar-refractivity contribution is -0.149. The van der Waals surface area contributed by atoms with Gasteiger partial charge in [-0.3, -0.25) is 9.32 Å². The lowest BCUT2D eigenvalue weighted by atomic mass is 10.2. The maximum absolute atomic E-state index is 14.5. The lowest BCUT2D eigenvalue weighted by Gasteiger charge is -2.26. The molecular weight excluding hydrogens is 533 g/mol. The SMILES string of the molecule is [2H]C([2H])([2H])[C@H](N[P@](=O)(Oc1ccccc1)O[C@@H](C)Cn1c(COCC)nc2c(N)nc3ccccc3c21)C(=O)OC([2H])(C([2H])([2H])[2H])C([2H])([2H])[2H]. The number of rotatable bonds is 13. The Labute approximate surface area is 247 Å². The third-order valence-corrected chi connectivity index (χ3v) is 7.24. The Morgan fingerprint density at radius 3 is 2.62 bits per heavy atom. The number of ether oxygens (including phenoxy) is 2. The number of nitrogens with one attached hydrogen (secondary N) is 1. The molecule has 0 aliphatic carbocycles. The molecule has 3 atom stereocenters. The highest BCUT2D eigenvalue weighted by Gasteiger charge is 2.35. The van der Waals surface area contributed by atoms with Crippen molar-refractivity contribution >= 4 is 41.5 Å². The summed E-state index contributed by atoms with van der Waals surface area (Å²) >= 11 is 0. The number of benzene rings is 2. The highest BCUT2D eigenvalue weighted by atomic mass is 31.2. The number of fused-ring (bicyclic) bond motifs is 3. The van der Waals surface area contributed by atoms with Crippen LogP contribution in [0.4, 0.5) is 5.82 Å². The zero-order valence-corrected chi connectivity index (χ0v) is 22.7. The first-order valence-corrected chi connectivity index (χ1v) is 13.8. The van der Waals surface area contributed by atoms with Crippen molar-refractivity contribution in [1.82, 2.24) is 19.6 Å². The number of anilines is 1. The van der Waals surface area contributed by atoms with Gasteiger partial charge in [0.2, 0.25) is 0 Å². The molecule has 0 saturated heterocycles. The summed E-state index contributed by atoms with van der Waals surface area (Å²) in [6, 6.07) is 11.8. The molecule has 214 valence electrons. The minimum absolute atomic E-state index is 0.0386. The number of nitrogens with two attached hydrogens (primary N) is 1. The van der Waals surface area contributed by atoms with E-state index in [9.17, 15) is 9.36 Å². The van der Waals surface area contributed by atoms with Crippen LogP contribution in [-0.2, 0) is 36.5 Å². The number of esters is 1. The largest absolute Gasteiger partial charge is 0.462 e. The van der Waals surface area contributed by atoms with Gasteiger partial charge in [0, 0.05) is 24.3 Å². The molecule has 0 amide bonds. The molecule has 3 N–H and O–H groups in total. The van der Waals surface area contributed by atoms with E-state index in [2.05, 4.69) is 14.7 Å². The zero-order valence-electron chi connectivity index (χ0n) is 31.8. The monoisotopic (exact) mass is 579 g/mol. The van der Waals surface area contributed by atoms with E-state index in [1.54, 1.807) is 41.8 Å². The molecule has 0 fully saturated rings. The van der Waals surface area contributed by atoms with Gasteiger partial charge in [-0.2, -0.15) is 5.09 Å². The van der Waals surface area contributed by atoms with Crippen molar-refractivity contribution in [3.63, 3.8) is 0 Å². The fourth-order valence-electron chi connectivity index (χ4n) is 4.00. The third-order valence-electron chi connectivity index (χ3n) is 5.58. The summed E-state index contributed by atoms with van der Waals surface area (Å²) in [5.74, 6) is -1.56. The summed E-state index contributed by atoms with van der Waals surface area (Å²) in [6.07, 6.45) is -4.99. The van der Waals surface area contributed by atoms with Crippen molar-refractivity contribution < 1.29 is 41.6 Å². The Balaban J connectivity index is 1.76. The number of nitrogen functional groups attached to an aromatic ring is 1. The molecule has 0 radical (unpaired) electrons. The summed E-state index contributed by atoms with van der Waals surface area (Å²) < 4.78 is 115. The second-order valence-electron chi connectivity index (χ2n) is 8.62. The molecule has 4 rings (SSSR count). The van der Waals surface area contributed by atoms with Gasteiger partial charge in [-0.05, 0) is 52.6 Å². The second kappa shape index (κ2) is 12.8. The molecule has 2 heterocycles. The van der Waals surface area contributed by atoms with Crippen LogP contribution in [0.15, 0.2) is 54.6 Å². The second-order valence-corrected chi connectivity index (χ2v) is 10.3. The van der Waals surface area contributed by atoms with E-state index >= 15 is 0 Å². The van der Waals surface area contributed by atoms with Crippen LogP contribution in [0, 0.1) is 0 Å². The third kappa shape index (κ3) is 6.98. The van der Waals surface area contributed by atoms with Crippen LogP contribution in [0.3, 0.4) is 0 Å². The first-order chi connectivity index (χ1) is 23.1. The molecule has 2 aromatic heterocycles. The minimum atomic E-state index is -4.98. The van der Waals surface area contributed by atoms with Gasteiger partial charge < -0.3 is 24.3 Å². The lowest BCUT2D eigenvalue weighted by Crippen LogP contribution is -2.37. The van der Waals surface area contributed by atoms with Gasteiger partial charge in [0.25, 0.3) is 0 Å². The average molecular weight is 580 g/mol. The van der Waals surface area contributed by atoms with Gasteiger partial charge in [0.15, 0.2) is 5.82 Å². The van der Waals surface area contributed by atoms with E-state index in [4.69, 9.17) is 33.2 Å². The molecule has 0 spiro atoms. The van der Waals surface area contributed by atoms with E-state index in [1.807, 2.05) is 5.09 Å². The Kier molecular flexibility index (Phi) is 6.00. The first kappa shape index (κ1) is 18.8. The summed E-state index contributed by atoms with van der Waals surface area (Å²) in [4.78, 5) is 22.3. The van der Waals surface area contributed by atoms with Crippen molar-refractivity contribution in [3.8, 4) is 5.75 Å². The Morgan fingerprint density at radius 1 is 1.15 bits per heavy atom. The van der Waals surface area contributed by atoms with Gasteiger partial charge in [-0.25, -0.2) is 14.5 Å². The smallest absolute Gasteiger partial charge is 0.459 e. The Bertz CT molecular complexity index is 1860. The van der Waals surface area contributed by atoms with E-state index in [0.29, 0.717) is 34.4 Å². The number of hydrogen-bond donors (Lipinski definition) is 2. The molecule has 0 bridgehead atoms.